The first-order chi connectivity index (χ1) is 15.6. The Morgan fingerprint density at radius 1 is 1.06 bits per heavy atom. The van der Waals surface area contributed by atoms with Crippen molar-refractivity contribution in [1.29, 1.82) is 0 Å². The number of hydrogen-bond acceptors (Lipinski definition) is 5. The molecule has 2 aromatic heterocycles. The van der Waals surface area contributed by atoms with E-state index in [0.717, 1.165) is 17.9 Å². The lowest BCUT2D eigenvalue weighted by molar-refractivity contribution is 0.102. The second-order valence-electron chi connectivity index (χ2n) is 11.7. The number of imidazole rings is 1. The fraction of sp³-hybridized carbons (Fsp3) is 0.538. The van der Waals surface area contributed by atoms with E-state index in [0.29, 0.717) is 28.4 Å². The molecule has 8 nitrogen and oxygen atoms in total. The maximum Gasteiger partial charge on any atom is 0.261 e. The zero-order valence-corrected chi connectivity index (χ0v) is 22.1. The van der Waals surface area contributed by atoms with E-state index >= 15 is 0 Å². The number of fused-ring (bicyclic) bond motifs is 1. The number of rotatable bonds is 7. The monoisotopic (exact) mass is 469 g/mol. The van der Waals surface area contributed by atoms with Gasteiger partial charge in [0.1, 0.15) is 17.1 Å². The molecule has 0 aliphatic rings. The summed E-state index contributed by atoms with van der Waals surface area (Å²) in [6.45, 7) is 17.5. The first-order valence-corrected chi connectivity index (χ1v) is 11.6. The van der Waals surface area contributed by atoms with Crippen LogP contribution < -0.4 is 20.1 Å². The fourth-order valence-corrected chi connectivity index (χ4v) is 4.51. The van der Waals surface area contributed by atoms with Crippen molar-refractivity contribution in [2.75, 3.05) is 24.9 Å². The molecule has 0 spiro atoms. The second kappa shape index (κ2) is 8.89. The van der Waals surface area contributed by atoms with Crippen molar-refractivity contribution in [3.05, 3.63) is 35.7 Å². The Hall–Kier alpha value is -3.16. The highest BCUT2D eigenvalue weighted by Crippen LogP contribution is 2.36. The van der Waals surface area contributed by atoms with Crippen LogP contribution in [0.3, 0.4) is 0 Å². The molecule has 3 rings (SSSR count). The Balaban J connectivity index is 2.01. The molecule has 0 saturated heterocycles. The van der Waals surface area contributed by atoms with E-state index < -0.39 is 0 Å². The van der Waals surface area contributed by atoms with Gasteiger partial charge in [0, 0.05) is 23.2 Å². The van der Waals surface area contributed by atoms with Crippen LogP contribution >= 0.6 is 0 Å². The van der Waals surface area contributed by atoms with Crippen molar-refractivity contribution in [1.82, 2.24) is 14.6 Å². The Labute approximate surface area is 202 Å². The molecule has 0 radical (unpaired) electrons. The van der Waals surface area contributed by atoms with Crippen molar-refractivity contribution >= 4 is 23.1 Å². The van der Waals surface area contributed by atoms with Gasteiger partial charge in [-0.15, -0.1) is 0 Å². The number of aromatic nitrogens is 3. The number of nitrogens with one attached hydrogen (secondary N) is 3. The summed E-state index contributed by atoms with van der Waals surface area (Å²) >= 11 is 0. The van der Waals surface area contributed by atoms with Gasteiger partial charge in [0.15, 0.2) is 11.5 Å². The number of aromatic amines is 1. The lowest BCUT2D eigenvalue weighted by Crippen LogP contribution is -2.36. The van der Waals surface area contributed by atoms with Crippen molar-refractivity contribution in [3.63, 3.8) is 0 Å². The molecular formula is C26H39N5O3. The van der Waals surface area contributed by atoms with Gasteiger partial charge in [0.05, 0.1) is 25.6 Å². The third-order valence-corrected chi connectivity index (χ3v) is 5.50. The van der Waals surface area contributed by atoms with Crippen molar-refractivity contribution in [2.24, 2.45) is 5.41 Å². The maximum absolute atomic E-state index is 13.3. The first kappa shape index (κ1) is 25.5. The molecule has 1 aromatic carbocycles. The van der Waals surface area contributed by atoms with E-state index in [4.69, 9.17) is 14.5 Å². The molecule has 0 unspecified atom stereocenters. The summed E-state index contributed by atoms with van der Waals surface area (Å²) in [7, 11) is 3.14. The molecule has 3 N–H and O–H groups in total. The Morgan fingerprint density at radius 3 is 2.29 bits per heavy atom. The van der Waals surface area contributed by atoms with Gasteiger partial charge in [-0.2, -0.15) is 0 Å². The van der Waals surface area contributed by atoms with Crippen LogP contribution in [-0.2, 0) is 5.41 Å². The van der Waals surface area contributed by atoms with Crippen LogP contribution in [0.15, 0.2) is 24.4 Å². The maximum atomic E-state index is 13.3. The van der Waals surface area contributed by atoms with E-state index in [2.05, 4.69) is 71.1 Å². The third kappa shape index (κ3) is 5.48. The van der Waals surface area contributed by atoms with E-state index in [9.17, 15) is 4.79 Å². The number of carbonyl (C=O) groups excluding carboxylic acids is 1. The van der Waals surface area contributed by atoms with E-state index in [-0.39, 0.29) is 22.3 Å². The van der Waals surface area contributed by atoms with Gasteiger partial charge in [0.2, 0.25) is 0 Å². The number of hydrogen-bond donors (Lipinski definition) is 3. The van der Waals surface area contributed by atoms with Crippen LogP contribution in [0.2, 0.25) is 0 Å². The van der Waals surface area contributed by atoms with Gasteiger partial charge in [0.25, 0.3) is 5.91 Å². The minimum absolute atomic E-state index is 0.153. The molecule has 0 saturated carbocycles. The average molecular weight is 470 g/mol. The number of ether oxygens (including phenoxy) is 2. The van der Waals surface area contributed by atoms with Crippen molar-refractivity contribution in [3.8, 4) is 11.5 Å². The molecule has 0 atom stereocenters. The molecule has 2 heterocycles. The van der Waals surface area contributed by atoms with Gasteiger partial charge in [-0.05, 0) is 37.8 Å². The minimum atomic E-state index is -0.277. The second-order valence-corrected chi connectivity index (χ2v) is 11.7. The number of amides is 1. The summed E-state index contributed by atoms with van der Waals surface area (Å²) in [6.07, 6.45) is 2.64. The number of nitrogens with zero attached hydrogens (tertiary/aromatic N) is 2. The van der Waals surface area contributed by atoms with Gasteiger partial charge in [-0.25, -0.2) is 9.50 Å². The number of H-pyrrole nitrogens is 1. The molecule has 0 aliphatic heterocycles. The predicted molar refractivity (Wildman–Crippen MR) is 138 cm³/mol. The molecule has 34 heavy (non-hydrogen) atoms. The standard InChI is InChI=1S/C26H39N5O3/c1-24(2,3)15-26(7,8)30-22-20(25(4,5)6)29-21-17(14-27-31(21)22)23(32)28-18-12-11-16(33-9)13-19(18)34-10/h11-14,27,30H,15H2,1-10H3,(H,28,32). The van der Waals surface area contributed by atoms with Gasteiger partial charge >= 0.3 is 0 Å². The fourth-order valence-electron chi connectivity index (χ4n) is 4.51. The third-order valence-electron chi connectivity index (χ3n) is 5.50. The van der Waals surface area contributed by atoms with Crippen LogP contribution in [0.25, 0.3) is 5.65 Å². The summed E-state index contributed by atoms with van der Waals surface area (Å²) in [5, 5.41) is 9.88. The Bertz CT molecular complexity index is 1180. The molecule has 186 valence electrons. The molecule has 0 bridgehead atoms. The molecule has 3 aromatic rings. The lowest BCUT2D eigenvalue weighted by atomic mass is 9.81. The normalized spacial score (nSPS) is 12.6. The Morgan fingerprint density at radius 2 is 1.74 bits per heavy atom. The number of anilines is 2. The van der Waals surface area contributed by atoms with Crippen molar-refractivity contribution < 1.29 is 14.3 Å². The largest absolute Gasteiger partial charge is 0.497 e. The number of methoxy groups -OCH3 is 2. The SMILES string of the molecule is COc1ccc(NC(=O)c2c[nH]n3c(NC(C)(C)CC(C)(C)C)c(C(C)(C)C)nc23)c(OC)c1. The van der Waals surface area contributed by atoms with Crippen LogP contribution in [0, 0.1) is 5.41 Å². The van der Waals surface area contributed by atoms with Crippen molar-refractivity contribution in [2.45, 2.75) is 72.8 Å². The molecule has 8 heteroatoms. The predicted octanol–water partition coefficient (Wildman–Crippen LogP) is 5.86. The van der Waals surface area contributed by atoms with Gasteiger partial charge in [-0.3, -0.25) is 9.89 Å². The highest BCUT2D eigenvalue weighted by Gasteiger charge is 2.32. The highest BCUT2D eigenvalue weighted by atomic mass is 16.5. The first-order valence-electron chi connectivity index (χ1n) is 11.6. The lowest BCUT2D eigenvalue weighted by Gasteiger charge is -2.34. The average Bonchev–Trinajstić information content (AvgIpc) is 3.26. The summed E-state index contributed by atoms with van der Waals surface area (Å²) in [5.41, 5.74) is 2.23. The van der Waals surface area contributed by atoms with E-state index in [1.165, 1.54) is 0 Å². The summed E-state index contributed by atoms with van der Waals surface area (Å²) < 4.78 is 12.5. The van der Waals surface area contributed by atoms with Crippen LogP contribution in [0.4, 0.5) is 11.5 Å². The van der Waals surface area contributed by atoms with Crippen LogP contribution in [-0.4, -0.2) is 40.3 Å². The minimum Gasteiger partial charge on any atom is -0.497 e. The number of carbonyl (C=O) groups is 1. The zero-order chi connectivity index (χ0) is 25.5. The summed E-state index contributed by atoms with van der Waals surface area (Å²) in [6, 6.07) is 5.26. The van der Waals surface area contributed by atoms with E-state index in [1.807, 2.05) is 4.52 Å². The zero-order valence-electron chi connectivity index (χ0n) is 22.1. The Kier molecular flexibility index (Phi) is 6.66. The molecular weight excluding hydrogens is 430 g/mol. The van der Waals surface area contributed by atoms with Crippen LogP contribution in [0.1, 0.15) is 77.9 Å². The van der Waals surface area contributed by atoms with Crippen LogP contribution in [0.5, 0.6) is 11.5 Å². The summed E-state index contributed by atoms with van der Waals surface area (Å²) in [5.74, 6) is 1.76. The molecule has 0 aliphatic carbocycles. The quantitative estimate of drug-likeness (QED) is 0.403. The number of benzene rings is 1. The van der Waals surface area contributed by atoms with E-state index in [1.54, 1.807) is 38.6 Å². The molecule has 1 amide bonds. The molecule has 0 fully saturated rings. The topological polar surface area (TPSA) is 92.7 Å². The smallest absolute Gasteiger partial charge is 0.261 e. The summed E-state index contributed by atoms with van der Waals surface area (Å²) in [4.78, 5) is 18.2. The highest BCUT2D eigenvalue weighted by molar-refractivity contribution is 6.09. The van der Waals surface area contributed by atoms with Gasteiger partial charge in [-0.1, -0.05) is 41.5 Å². The van der Waals surface area contributed by atoms with Gasteiger partial charge < -0.3 is 20.1 Å².